The molecular weight excluding hydrogens is 471 g/mol. The van der Waals surface area contributed by atoms with Crippen LogP contribution in [0.25, 0.3) is 22.2 Å². The molecule has 0 atom stereocenters. The fourth-order valence-corrected chi connectivity index (χ4v) is 4.04. The van der Waals surface area contributed by atoms with Gasteiger partial charge in [0.2, 0.25) is 0 Å². The first kappa shape index (κ1) is 19.9. The second kappa shape index (κ2) is 8.15. The number of nitrogens with one attached hydrogen (secondary N) is 1. The third-order valence-corrected chi connectivity index (χ3v) is 5.76. The molecule has 1 aromatic heterocycles. The predicted molar refractivity (Wildman–Crippen MR) is 124 cm³/mol. The molecule has 0 aliphatic carbocycles. The van der Waals surface area contributed by atoms with Gasteiger partial charge in [-0.25, -0.2) is 4.98 Å². The number of aromatic nitrogens is 1. The van der Waals surface area contributed by atoms with E-state index < -0.39 is 0 Å². The highest BCUT2D eigenvalue weighted by Crippen LogP contribution is 2.31. The molecule has 0 spiro atoms. The number of nitrogens with zero attached hydrogens (tertiary/aromatic N) is 1. The highest BCUT2D eigenvalue weighted by molar-refractivity contribution is 9.10. The maximum absolute atomic E-state index is 13.2. The van der Waals surface area contributed by atoms with E-state index in [1.807, 2.05) is 55.5 Å². The highest BCUT2D eigenvalue weighted by Gasteiger charge is 2.16. The Balaban J connectivity index is 1.86. The molecule has 1 heterocycles. The van der Waals surface area contributed by atoms with Gasteiger partial charge < -0.3 is 5.32 Å². The molecule has 0 radical (unpaired) electrons. The van der Waals surface area contributed by atoms with Crippen molar-refractivity contribution in [3.63, 3.8) is 0 Å². The van der Waals surface area contributed by atoms with E-state index in [2.05, 4.69) is 21.2 Å². The molecule has 0 bridgehead atoms. The molecule has 0 saturated heterocycles. The quantitative estimate of drug-likeness (QED) is 0.325. The van der Waals surface area contributed by atoms with Gasteiger partial charge in [-0.1, -0.05) is 69.5 Å². The maximum atomic E-state index is 13.2. The van der Waals surface area contributed by atoms with Gasteiger partial charge in [0.15, 0.2) is 0 Å². The van der Waals surface area contributed by atoms with Crippen molar-refractivity contribution in [1.82, 2.24) is 4.98 Å². The largest absolute Gasteiger partial charge is 0.322 e. The predicted octanol–water partition coefficient (Wildman–Crippen LogP) is 7.53. The van der Waals surface area contributed by atoms with Gasteiger partial charge in [0, 0.05) is 21.1 Å². The Hall–Kier alpha value is -2.40. The summed E-state index contributed by atoms with van der Waals surface area (Å²) >= 11 is 15.6. The summed E-state index contributed by atoms with van der Waals surface area (Å²) in [5.74, 6) is -0.245. The average molecular weight is 486 g/mol. The van der Waals surface area contributed by atoms with Gasteiger partial charge in [-0.3, -0.25) is 4.79 Å². The molecule has 29 heavy (non-hydrogen) atoms. The zero-order valence-corrected chi connectivity index (χ0v) is 18.4. The summed E-state index contributed by atoms with van der Waals surface area (Å²) in [6.07, 6.45) is 0. The van der Waals surface area contributed by atoms with Crippen LogP contribution in [0.2, 0.25) is 10.0 Å². The minimum absolute atomic E-state index is 0.245. The molecule has 144 valence electrons. The summed E-state index contributed by atoms with van der Waals surface area (Å²) < 4.78 is 0.889. The minimum atomic E-state index is -0.245. The Kier molecular flexibility index (Phi) is 5.59. The van der Waals surface area contributed by atoms with Gasteiger partial charge in [0.05, 0.1) is 26.8 Å². The summed E-state index contributed by atoms with van der Waals surface area (Å²) in [4.78, 5) is 18.0. The molecule has 1 amide bonds. The molecule has 4 rings (SSSR count). The SMILES string of the molecule is Cc1cc(Br)cc2c(C(=O)Nc3ccc(Cl)c(Cl)c3)cc(-c3ccccc3)nc12. The number of anilines is 1. The molecule has 3 aromatic carbocycles. The van der Waals surface area contributed by atoms with E-state index in [1.54, 1.807) is 18.2 Å². The van der Waals surface area contributed by atoms with Gasteiger partial charge in [-0.2, -0.15) is 0 Å². The van der Waals surface area contributed by atoms with Crippen molar-refractivity contribution in [3.05, 3.63) is 92.4 Å². The van der Waals surface area contributed by atoms with Crippen LogP contribution < -0.4 is 5.32 Å². The molecule has 1 N–H and O–H groups in total. The van der Waals surface area contributed by atoms with Crippen molar-refractivity contribution >= 4 is 61.6 Å². The third kappa shape index (κ3) is 4.15. The first-order chi connectivity index (χ1) is 13.9. The fourth-order valence-electron chi connectivity index (χ4n) is 3.17. The van der Waals surface area contributed by atoms with Crippen LogP contribution in [-0.4, -0.2) is 10.9 Å². The van der Waals surface area contributed by atoms with Crippen molar-refractivity contribution in [2.45, 2.75) is 6.92 Å². The van der Waals surface area contributed by atoms with Crippen LogP contribution in [0.15, 0.2) is 71.2 Å². The zero-order chi connectivity index (χ0) is 20.5. The lowest BCUT2D eigenvalue weighted by Gasteiger charge is -2.13. The summed E-state index contributed by atoms with van der Waals surface area (Å²) in [5.41, 5.74) is 4.55. The molecule has 6 heteroatoms. The molecule has 0 unspecified atom stereocenters. The van der Waals surface area contributed by atoms with Crippen LogP contribution in [-0.2, 0) is 0 Å². The third-order valence-electron chi connectivity index (χ3n) is 4.56. The lowest BCUT2D eigenvalue weighted by molar-refractivity contribution is 0.102. The van der Waals surface area contributed by atoms with Crippen molar-refractivity contribution in [3.8, 4) is 11.3 Å². The number of rotatable bonds is 3. The Bertz CT molecular complexity index is 1240. The summed E-state index contributed by atoms with van der Waals surface area (Å²) in [5, 5.41) is 4.50. The number of amides is 1. The van der Waals surface area contributed by atoms with Gasteiger partial charge in [0.1, 0.15) is 0 Å². The fraction of sp³-hybridized carbons (Fsp3) is 0.0435. The summed E-state index contributed by atoms with van der Waals surface area (Å²) in [7, 11) is 0. The average Bonchev–Trinajstić information content (AvgIpc) is 2.70. The van der Waals surface area contributed by atoms with E-state index in [0.29, 0.717) is 21.3 Å². The monoisotopic (exact) mass is 484 g/mol. The van der Waals surface area contributed by atoms with Crippen LogP contribution in [0.1, 0.15) is 15.9 Å². The number of carbonyl (C=O) groups excluding carboxylic acids is 1. The number of hydrogen-bond donors (Lipinski definition) is 1. The van der Waals surface area contributed by atoms with Crippen LogP contribution in [0, 0.1) is 6.92 Å². The van der Waals surface area contributed by atoms with Crippen molar-refractivity contribution < 1.29 is 4.79 Å². The van der Waals surface area contributed by atoms with E-state index in [9.17, 15) is 4.79 Å². The van der Waals surface area contributed by atoms with E-state index in [4.69, 9.17) is 28.2 Å². The number of hydrogen-bond acceptors (Lipinski definition) is 2. The first-order valence-corrected chi connectivity index (χ1v) is 10.4. The molecule has 0 aliphatic rings. The summed E-state index contributed by atoms with van der Waals surface area (Å²) in [6.45, 7) is 1.98. The molecular formula is C23H15BrCl2N2O. The first-order valence-electron chi connectivity index (χ1n) is 8.85. The van der Waals surface area contributed by atoms with Gasteiger partial charge in [0.25, 0.3) is 5.91 Å². The highest BCUT2D eigenvalue weighted by atomic mass is 79.9. The number of carbonyl (C=O) groups is 1. The maximum Gasteiger partial charge on any atom is 0.256 e. The number of benzene rings is 3. The number of fused-ring (bicyclic) bond motifs is 1. The van der Waals surface area contributed by atoms with E-state index in [-0.39, 0.29) is 5.91 Å². The number of halogens is 3. The van der Waals surface area contributed by atoms with Crippen LogP contribution in [0.5, 0.6) is 0 Å². The Morgan fingerprint density at radius 1 is 0.966 bits per heavy atom. The van der Waals surface area contributed by atoms with E-state index >= 15 is 0 Å². The van der Waals surface area contributed by atoms with Gasteiger partial charge in [-0.05, 0) is 48.9 Å². The minimum Gasteiger partial charge on any atom is -0.322 e. The van der Waals surface area contributed by atoms with Gasteiger partial charge in [-0.15, -0.1) is 0 Å². The zero-order valence-electron chi connectivity index (χ0n) is 15.3. The molecule has 0 fully saturated rings. The van der Waals surface area contributed by atoms with Crippen LogP contribution >= 0.6 is 39.1 Å². The standard InChI is InChI=1S/C23H15BrCl2N2O/c1-13-9-15(24)10-17-18(23(29)27-16-7-8-19(25)20(26)11-16)12-21(28-22(13)17)14-5-3-2-4-6-14/h2-12H,1H3,(H,27,29). The summed E-state index contributed by atoms with van der Waals surface area (Å²) in [6, 6.07) is 20.5. The number of pyridine rings is 1. The molecule has 3 nitrogen and oxygen atoms in total. The van der Waals surface area contributed by atoms with Crippen LogP contribution in [0.4, 0.5) is 5.69 Å². The second-order valence-corrected chi connectivity index (χ2v) is 8.35. The van der Waals surface area contributed by atoms with Crippen molar-refractivity contribution in [1.29, 1.82) is 0 Å². The van der Waals surface area contributed by atoms with E-state index in [1.165, 1.54) is 0 Å². The molecule has 4 aromatic rings. The Morgan fingerprint density at radius 3 is 2.45 bits per heavy atom. The lowest BCUT2D eigenvalue weighted by Crippen LogP contribution is -2.13. The van der Waals surface area contributed by atoms with Gasteiger partial charge >= 0.3 is 0 Å². The second-order valence-electron chi connectivity index (χ2n) is 6.62. The normalized spacial score (nSPS) is 10.9. The number of aryl methyl sites for hydroxylation is 1. The van der Waals surface area contributed by atoms with E-state index in [0.717, 1.165) is 32.2 Å². The molecule has 0 saturated carbocycles. The Labute approximate surface area is 186 Å². The lowest BCUT2D eigenvalue weighted by atomic mass is 10.0. The molecule has 0 aliphatic heterocycles. The van der Waals surface area contributed by atoms with Crippen LogP contribution in [0.3, 0.4) is 0 Å². The Morgan fingerprint density at radius 2 is 1.72 bits per heavy atom. The smallest absolute Gasteiger partial charge is 0.256 e. The van der Waals surface area contributed by atoms with Crippen molar-refractivity contribution in [2.24, 2.45) is 0 Å². The topological polar surface area (TPSA) is 42.0 Å². The van der Waals surface area contributed by atoms with Crippen molar-refractivity contribution in [2.75, 3.05) is 5.32 Å².